The fourth-order valence-corrected chi connectivity index (χ4v) is 3.90. The molecule has 1 fully saturated rings. The number of fused-ring (bicyclic) bond motifs is 1. The lowest BCUT2D eigenvalue weighted by molar-refractivity contribution is -0.121. The molecule has 2 aromatic carbocycles. The van der Waals surface area contributed by atoms with Crippen LogP contribution in [0.4, 0.5) is 10.6 Å². The molecule has 152 valence electrons. The van der Waals surface area contributed by atoms with E-state index in [-0.39, 0.29) is 12.5 Å². The summed E-state index contributed by atoms with van der Waals surface area (Å²) in [5.74, 6) is -0.312. The highest BCUT2D eigenvalue weighted by atomic mass is 35.5. The number of H-pyrrole nitrogens is 1. The first kappa shape index (κ1) is 19.7. The van der Waals surface area contributed by atoms with Crippen molar-refractivity contribution in [1.29, 1.82) is 5.26 Å². The number of aromatic amines is 1. The molecular formula is C21H18ClN5O3. The molecule has 3 aromatic rings. The van der Waals surface area contributed by atoms with Gasteiger partial charge in [-0.2, -0.15) is 10.4 Å². The first-order valence-corrected chi connectivity index (χ1v) is 9.81. The van der Waals surface area contributed by atoms with Crippen molar-refractivity contribution in [2.75, 3.05) is 18.4 Å². The molecule has 0 bridgehead atoms. The molecule has 1 saturated heterocycles. The van der Waals surface area contributed by atoms with Crippen LogP contribution in [0.3, 0.4) is 0 Å². The molecule has 0 saturated carbocycles. The van der Waals surface area contributed by atoms with Crippen LogP contribution in [0.25, 0.3) is 22.0 Å². The van der Waals surface area contributed by atoms with Gasteiger partial charge in [0.1, 0.15) is 0 Å². The van der Waals surface area contributed by atoms with Crippen molar-refractivity contribution < 1.29 is 14.7 Å². The number of benzene rings is 2. The summed E-state index contributed by atoms with van der Waals surface area (Å²) in [5.41, 5.74) is 2.73. The summed E-state index contributed by atoms with van der Waals surface area (Å²) in [6.07, 6.45) is 0.252. The first-order valence-electron chi connectivity index (χ1n) is 9.43. The van der Waals surface area contributed by atoms with Gasteiger partial charge in [0, 0.05) is 29.1 Å². The number of piperidine rings is 1. The van der Waals surface area contributed by atoms with Crippen molar-refractivity contribution in [3.63, 3.8) is 0 Å². The average molecular weight is 424 g/mol. The SMILES string of the molecule is N#Cc1ccc(Cl)c(-c2ccc3[nH]nc(NC(=O)[C@@H]4CCCN(C(=O)O)C4)c3c2)c1. The zero-order valence-electron chi connectivity index (χ0n) is 15.9. The normalized spacial score (nSPS) is 16.3. The topological polar surface area (TPSA) is 122 Å². The number of rotatable bonds is 3. The van der Waals surface area contributed by atoms with Crippen LogP contribution in [0.5, 0.6) is 0 Å². The minimum absolute atomic E-state index is 0.172. The van der Waals surface area contributed by atoms with Gasteiger partial charge in [0.05, 0.1) is 23.1 Å². The van der Waals surface area contributed by atoms with Crippen LogP contribution in [-0.2, 0) is 4.79 Å². The fraction of sp³-hybridized carbons (Fsp3) is 0.238. The number of hydrogen-bond acceptors (Lipinski definition) is 4. The van der Waals surface area contributed by atoms with Crippen LogP contribution in [0.1, 0.15) is 18.4 Å². The Hall–Kier alpha value is -3.57. The molecule has 4 rings (SSSR count). The van der Waals surface area contributed by atoms with Gasteiger partial charge < -0.3 is 15.3 Å². The minimum atomic E-state index is -1.01. The van der Waals surface area contributed by atoms with Gasteiger partial charge in [-0.3, -0.25) is 9.89 Å². The van der Waals surface area contributed by atoms with E-state index in [1.54, 1.807) is 18.2 Å². The number of carbonyl (C=O) groups excluding carboxylic acids is 1. The number of amides is 2. The molecule has 30 heavy (non-hydrogen) atoms. The number of carbonyl (C=O) groups is 2. The largest absolute Gasteiger partial charge is 0.465 e. The zero-order valence-corrected chi connectivity index (χ0v) is 16.6. The predicted molar refractivity (Wildman–Crippen MR) is 112 cm³/mol. The number of nitrogens with zero attached hydrogens (tertiary/aromatic N) is 3. The molecule has 0 unspecified atom stereocenters. The van der Waals surface area contributed by atoms with E-state index < -0.39 is 12.0 Å². The molecule has 1 atom stereocenters. The van der Waals surface area contributed by atoms with Crippen molar-refractivity contribution in [3.05, 3.63) is 47.0 Å². The first-order chi connectivity index (χ1) is 14.5. The van der Waals surface area contributed by atoms with E-state index in [0.717, 1.165) is 11.1 Å². The Morgan fingerprint density at radius 1 is 1.30 bits per heavy atom. The maximum absolute atomic E-state index is 12.7. The molecule has 9 heteroatoms. The number of hydrogen-bond donors (Lipinski definition) is 3. The van der Waals surface area contributed by atoms with Crippen molar-refractivity contribution in [2.24, 2.45) is 5.92 Å². The summed E-state index contributed by atoms with van der Waals surface area (Å²) in [7, 11) is 0. The van der Waals surface area contributed by atoms with Gasteiger partial charge in [-0.25, -0.2) is 4.79 Å². The number of likely N-dealkylation sites (tertiary alicyclic amines) is 1. The molecule has 0 aliphatic carbocycles. The Balaban J connectivity index is 1.62. The predicted octanol–water partition coefficient (Wildman–Crippen LogP) is 4.08. The maximum atomic E-state index is 12.7. The van der Waals surface area contributed by atoms with Gasteiger partial charge in [0.15, 0.2) is 5.82 Å². The number of nitriles is 1. The van der Waals surface area contributed by atoms with E-state index in [1.807, 2.05) is 18.2 Å². The summed E-state index contributed by atoms with van der Waals surface area (Å²) >= 11 is 6.32. The van der Waals surface area contributed by atoms with Gasteiger partial charge in [-0.1, -0.05) is 17.7 Å². The zero-order chi connectivity index (χ0) is 21.3. The van der Waals surface area contributed by atoms with E-state index in [0.29, 0.717) is 46.7 Å². The van der Waals surface area contributed by atoms with Crippen LogP contribution >= 0.6 is 11.6 Å². The molecule has 8 nitrogen and oxygen atoms in total. The molecule has 3 N–H and O–H groups in total. The van der Waals surface area contributed by atoms with Gasteiger partial charge in [0.25, 0.3) is 0 Å². The third-order valence-electron chi connectivity index (χ3n) is 5.27. The molecule has 0 spiro atoms. The number of halogens is 1. The van der Waals surface area contributed by atoms with Crippen molar-refractivity contribution in [1.82, 2.24) is 15.1 Å². The third-order valence-corrected chi connectivity index (χ3v) is 5.60. The summed E-state index contributed by atoms with van der Waals surface area (Å²) < 4.78 is 0. The van der Waals surface area contributed by atoms with Gasteiger partial charge in [0.2, 0.25) is 5.91 Å². The lowest BCUT2D eigenvalue weighted by Gasteiger charge is -2.29. The van der Waals surface area contributed by atoms with Crippen LogP contribution in [0.15, 0.2) is 36.4 Å². The second-order valence-corrected chi connectivity index (χ2v) is 7.60. The van der Waals surface area contributed by atoms with E-state index >= 15 is 0 Å². The van der Waals surface area contributed by atoms with E-state index in [4.69, 9.17) is 16.9 Å². The Morgan fingerprint density at radius 2 is 2.13 bits per heavy atom. The second kappa shape index (κ2) is 8.05. The molecule has 1 aromatic heterocycles. The minimum Gasteiger partial charge on any atom is -0.465 e. The standard InChI is InChI=1S/C21H18ClN5O3/c22-17-5-3-12(10-23)8-15(17)13-4-6-18-16(9-13)19(26-25-18)24-20(28)14-2-1-7-27(11-14)21(29)30/h3-6,8-9,14H,1-2,7,11H2,(H,29,30)(H2,24,25,26,28)/t14-/m1/s1. The number of aromatic nitrogens is 2. The monoisotopic (exact) mass is 423 g/mol. The van der Waals surface area contributed by atoms with Crippen LogP contribution in [0, 0.1) is 17.2 Å². The summed E-state index contributed by atoms with van der Waals surface area (Å²) in [4.78, 5) is 25.2. The summed E-state index contributed by atoms with van der Waals surface area (Å²) in [6, 6.07) is 12.7. The molecular weight excluding hydrogens is 406 g/mol. The van der Waals surface area contributed by atoms with Crippen molar-refractivity contribution in [2.45, 2.75) is 12.8 Å². The average Bonchev–Trinajstić information content (AvgIpc) is 3.16. The van der Waals surface area contributed by atoms with Crippen molar-refractivity contribution in [3.8, 4) is 17.2 Å². The van der Waals surface area contributed by atoms with E-state index in [9.17, 15) is 14.7 Å². The van der Waals surface area contributed by atoms with Gasteiger partial charge >= 0.3 is 6.09 Å². The Kier molecular flexibility index (Phi) is 5.29. The van der Waals surface area contributed by atoms with Crippen LogP contribution < -0.4 is 5.32 Å². The molecule has 1 aliphatic heterocycles. The van der Waals surface area contributed by atoms with Crippen LogP contribution in [0.2, 0.25) is 5.02 Å². The second-order valence-electron chi connectivity index (χ2n) is 7.20. The quantitative estimate of drug-likeness (QED) is 0.585. The fourth-order valence-electron chi connectivity index (χ4n) is 3.68. The maximum Gasteiger partial charge on any atom is 0.407 e. The number of nitrogens with one attached hydrogen (secondary N) is 2. The molecule has 1 aliphatic rings. The Labute approximate surface area is 177 Å². The lowest BCUT2D eigenvalue weighted by Crippen LogP contribution is -2.43. The van der Waals surface area contributed by atoms with E-state index in [1.165, 1.54) is 4.90 Å². The Morgan fingerprint density at radius 3 is 2.90 bits per heavy atom. The highest BCUT2D eigenvalue weighted by molar-refractivity contribution is 6.33. The summed E-state index contributed by atoms with van der Waals surface area (Å²) in [5, 5.41) is 29.5. The van der Waals surface area contributed by atoms with Gasteiger partial charge in [-0.05, 0) is 48.7 Å². The number of anilines is 1. The molecule has 0 radical (unpaired) electrons. The lowest BCUT2D eigenvalue weighted by atomic mass is 9.97. The smallest absolute Gasteiger partial charge is 0.407 e. The van der Waals surface area contributed by atoms with Crippen molar-refractivity contribution >= 4 is 40.3 Å². The highest BCUT2D eigenvalue weighted by Gasteiger charge is 2.29. The number of carboxylic acid groups (broad SMARTS) is 1. The Bertz CT molecular complexity index is 1180. The molecule has 2 heterocycles. The van der Waals surface area contributed by atoms with E-state index in [2.05, 4.69) is 21.6 Å². The third kappa shape index (κ3) is 3.80. The highest BCUT2D eigenvalue weighted by Crippen LogP contribution is 2.33. The summed E-state index contributed by atoms with van der Waals surface area (Å²) in [6.45, 7) is 0.613. The molecule has 2 amide bonds. The van der Waals surface area contributed by atoms with Gasteiger partial charge in [-0.15, -0.1) is 0 Å². The van der Waals surface area contributed by atoms with Crippen LogP contribution in [-0.4, -0.2) is 45.3 Å².